The number of nitrogens with zero attached hydrogens (tertiary/aromatic N) is 1. The molecule has 13 heavy (non-hydrogen) atoms. The molecule has 0 spiro atoms. The van der Waals surface area contributed by atoms with Crippen LogP contribution in [0, 0.1) is 5.92 Å². The molecule has 1 saturated carbocycles. The molecule has 4 nitrogen and oxygen atoms in total. The van der Waals surface area contributed by atoms with Crippen LogP contribution in [0.2, 0.25) is 0 Å². The molecule has 2 rings (SSSR count). The molecule has 1 aliphatic carbocycles. The predicted molar refractivity (Wildman–Crippen MR) is 46.9 cm³/mol. The molecule has 0 aromatic carbocycles. The molecule has 0 unspecified atom stereocenters. The van der Waals surface area contributed by atoms with Gasteiger partial charge in [-0.15, -0.1) is 0 Å². The maximum atomic E-state index is 11.4. The second kappa shape index (κ2) is 3.36. The number of carbonyl (C=O) groups excluding carboxylic acids is 2. The molecular formula is C9H14N2O2. The Kier molecular flexibility index (Phi) is 2.20. The number of carbonyl (C=O) groups is 2. The molecule has 2 amide bonds. The minimum Gasteiger partial charge on any atom is -0.347 e. The monoisotopic (exact) mass is 182 g/mol. The van der Waals surface area contributed by atoms with E-state index in [0.717, 1.165) is 6.54 Å². The summed E-state index contributed by atoms with van der Waals surface area (Å²) in [5.74, 6) is 0.765. The van der Waals surface area contributed by atoms with Gasteiger partial charge < -0.3 is 10.2 Å². The van der Waals surface area contributed by atoms with Gasteiger partial charge in [-0.1, -0.05) is 0 Å². The van der Waals surface area contributed by atoms with Crippen molar-refractivity contribution >= 4 is 11.8 Å². The van der Waals surface area contributed by atoms with E-state index in [9.17, 15) is 9.59 Å². The molecule has 2 aliphatic rings. The minimum atomic E-state index is -0.00773. The zero-order chi connectivity index (χ0) is 9.26. The van der Waals surface area contributed by atoms with Crippen LogP contribution < -0.4 is 5.32 Å². The van der Waals surface area contributed by atoms with Crippen molar-refractivity contribution in [3.8, 4) is 0 Å². The quantitative estimate of drug-likeness (QED) is 0.640. The fourth-order valence-electron chi connectivity index (χ4n) is 1.54. The normalized spacial score (nSPS) is 24.2. The first kappa shape index (κ1) is 8.53. The number of hydrogen-bond donors (Lipinski definition) is 1. The largest absolute Gasteiger partial charge is 0.347 e. The standard InChI is InChI=1S/C9H14N2O2/c12-8-3-4-11(6-7-1-2-7)9(13)5-10-8/h7H,1-6H2,(H,10,12). The lowest BCUT2D eigenvalue weighted by atomic mass is 10.3. The van der Waals surface area contributed by atoms with Crippen molar-refractivity contribution in [3.05, 3.63) is 0 Å². The fourth-order valence-corrected chi connectivity index (χ4v) is 1.54. The zero-order valence-corrected chi connectivity index (χ0v) is 7.58. The second-order valence-electron chi connectivity index (χ2n) is 3.81. The van der Waals surface area contributed by atoms with E-state index >= 15 is 0 Å². The summed E-state index contributed by atoms with van der Waals surface area (Å²) in [5, 5.41) is 2.59. The van der Waals surface area contributed by atoms with Gasteiger partial charge in [-0.05, 0) is 18.8 Å². The molecule has 1 saturated heterocycles. The lowest BCUT2D eigenvalue weighted by molar-refractivity contribution is -0.130. The van der Waals surface area contributed by atoms with Gasteiger partial charge in [0, 0.05) is 19.5 Å². The maximum absolute atomic E-state index is 11.4. The predicted octanol–water partition coefficient (Wildman–Crippen LogP) is -0.255. The Bertz CT molecular complexity index is 236. The van der Waals surface area contributed by atoms with Crippen LogP contribution in [0.4, 0.5) is 0 Å². The third-order valence-corrected chi connectivity index (χ3v) is 2.57. The van der Waals surface area contributed by atoms with Gasteiger partial charge in [-0.25, -0.2) is 0 Å². The molecule has 0 aromatic heterocycles. The van der Waals surface area contributed by atoms with Gasteiger partial charge >= 0.3 is 0 Å². The number of nitrogens with one attached hydrogen (secondary N) is 1. The third-order valence-electron chi connectivity index (χ3n) is 2.57. The van der Waals surface area contributed by atoms with E-state index in [0.29, 0.717) is 18.9 Å². The van der Waals surface area contributed by atoms with E-state index < -0.39 is 0 Å². The number of amides is 2. The summed E-state index contributed by atoms with van der Waals surface area (Å²) in [6, 6.07) is 0. The fraction of sp³-hybridized carbons (Fsp3) is 0.778. The van der Waals surface area contributed by atoms with Crippen molar-refractivity contribution in [2.75, 3.05) is 19.6 Å². The van der Waals surface area contributed by atoms with Gasteiger partial charge in [0.15, 0.2) is 0 Å². The van der Waals surface area contributed by atoms with Crippen molar-refractivity contribution in [1.29, 1.82) is 0 Å². The molecule has 1 N–H and O–H groups in total. The highest BCUT2D eigenvalue weighted by atomic mass is 16.2. The van der Waals surface area contributed by atoms with Crippen LogP contribution in [0.1, 0.15) is 19.3 Å². The van der Waals surface area contributed by atoms with Crippen molar-refractivity contribution in [3.63, 3.8) is 0 Å². The summed E-state index contributed by atoms with van der Waals surface area (Å²) in [5.41, 5.74) is 0. The van der Waals surface area contributed by atoms with Crippen molar-refractivity contribution in [2.24, 2.45) is 5.92 Å². The highest BCUT2D eigenvalue weighted by molar-refractivity contribution is 5.87. The SMILES string of the molecule is O=C1CCN(CC2CC2)C(=O)CN1. The van der Waals surface area contributed by atoms with E-state index in [4.69, 9.17) is 0 Å². The first-order chi connectivity index (χ1) is 6.25. The van der Waals surface area contributed by atoms with Crippen LogP contribution in [0.3, 0.4) is 0 Å². The van der Waals surface area contributed by atoms with E-state index in [1.165, 1.54) is 12.8 Å². The number of rotatable bonds is 2. The summed E-state index contributed by atoms with van der Waals surface area (Å²) in [6.07, 6.45) is 2.94. The summed E-state index contributed by atoms with van der Waals surface area (Å²) < 4.78 is 0. The Balaban J connectivity index is 1.91. The smallest absolute Gasteiger partial charge is 0.241 e. The zero-order valence-electron chi connectivity index (χ0n) is 7.58. The number of hydrogen-bond acceptors (Lipinski definition) is 2. The third kappa shape index (κ3) is 2.20. The average Bonchev–Trinajstić information content (AvgIpc) is 2.90. The first-order valence-electron chi connectivity index (χ1n) is 4.80. The van der Waals surface area contributed by atoms with Crippen LogP contribution in [0.25, 0.3) is 0 Å². The lowest BCUT2D eigenvalue weighted by Gasteiger charge is -2.18. The van der Waals surface area contributed by atoms with Crippen molar-refractivity contribution < 1.29 is 9.59 Å². The minimum absolute atomic E-state index is 0.00773. The van der Waals surface area contributed by atoms with Crippen molar-refractivity contribution in [2.45, 2.75) is 19.3 Å². The molecular weight excluding hydrogens is 168 g/mol. The second-order valence-corrected chi connectivity index (χ2v) is 3.81. The molecule has 0 atom stereocenters. The van der Waals surface area contributed by atoms with Crippen LogP contribution >= 0.6 is 0 Å². The average molecular weight is 182 g/mol. The van der Waals surface area contributed by atoms with Crippen molar-refractivity contribution in [1.82, 2.24) is 10.2 Å². The molecule has 0 radical (unpaired) electrons. The molecule has 72 valence electrons. The van der Waals surface area contributed by atoms with Crippen LogP contribution in [0.5, 0.6) is 0 Å². The van der Waals surface area contributed by atoms with Gasteiger partial charge in [0.1, 0.15) is 0 Å². The van der Waals surface area contributed by atoms with E-state index in [-0.39, 0.29) is 18.4 Å². The Morgan fingerprint density at radius 3 is 2.85 bits per heavy atom. The summed E-state index contributed by atoms with van der Waals surface area (Å²) >= 11 is 0. The van der Waals surface area contributed by atoms with E-state index in [2.05, 4.69) is 5.32 Å². The highest BCUT2D eigenvalue weighted by Gasteiger charge is 2.28. The highest BCUT2D eigenvalue weighted by Crippen LogP contribution is 2.29. The molecule has 0 bridgehead atoms. The maximum Gasteiger partial charge on any atom is 0.241 e. The Morgan fingerprint density at radius 2 is 2.15 bits per heavy atom. The van der Waals surface area contributed by atoms with Gasteiger partial charge in [-0.3, -0.25) is 9.59 Å². The van der Waals surface area contributed by atoms with Gasteiger partial charge in [0.2, 0.25) is 11.8 Å². The molecule has 4 heteroatoms. The summed E-state index contributed by atoms with van der Waals surface area (Å²) in [4.78, 5) is 24.2. The van der Waals surface area contributed by atoms with Gasteiger partial charge in [-0.2, -0.15) is 0 Å². The summed E-state index contributed by atoms with van der Waals surface area (Å²) in [7, 11) is 0. The Hall–Kier alpha value is -1.06. The van der Waals surface area contributed by atoms with E-state index in [1.54, 1.807) is 0 Å². The molecule has 1 heterocycles. The molecule has 0 aromatic rings. The first-order valence-corrected chi connectivity index (χ1v) is 4.80. The van der Waals surface area contributed by atoms with Gasteiger partial charge in [0.25, 0.3) is 0 Å². The Labute approximate surface area is 77.3 Å². The topological polar surface area (TPSA) is 49.4 Å². The van der Waals surface area contributed by atoms with Gasteiger partial charge in [0.05, 0.1) is 6.54 Å². The van der Waals surface area contributed by atoms with Crippen LogP contribution in [0.15, 0.2) is 0 Å². The van der Waals surface area contributed by atoms with E-state index in [1.807, 2.05) is 4.90 Å². The molecule has 1 aliphatic heterocycles. The summed E-state index contributed by atoms with van der Waals surface area (Å²) in [6.45, 7) is 1.64. The van der Waals surface area contributed by atoms with Crippen LogP contribution in [-0.2, 0) is 9.59 Å². The lowest BCUT2D eigenvalue weighted by Crippen LogP contribution is -2.36. The Morgan fingerprint density at radius 1 is 1.38 bits per heavy atom. The van der Waals surface area contributed by atoms with Crippen LogP contribution in [-0.4, -0.2) is 36.3 Å². The molecule has 2 fully saturated rings.